The predicted octanol–water partition coefficient (Wildman–Crippen LogP) is 4.67. The van der Waals surface area contributed by atoms with Crippen LogP contribution < -0.4 is 4.74 Å². The van der Waals surface area contributed by atoms with E-state index in [0.29, 0.717) is 26.4 Å². The number of carbonyl (C=O) groups is 2. The molecule has 0 aliphatic carbocycles. The minimum atomic E-state index is -1.18. The van der Waals surface area contributed by atoms with Crippen LogP contribution in [0.2, 0.25) is 5.02 Å². The maximum atomic E-state index is 13.3. The van der Waals surface area contributed by atoms with Crippen molar-refractivity contribution in [1.82, 2.24) is 4.90 Å². The highest BCUT2D eigenvalue weighted by atomic mass is 79.9. The van der Waals surface area contributed by atoms with Crippen molar-refractivity contribution in [3.05, 3.63) is 63.1 Å². The number of fused-ring (bicyclic) bond motifs is 1. The number of carboxylic acid groups (broad SMARTS) is 1. The van der Waals surface area contributed by atoms with Crippen molar-refractivity contribution in [3.63, 3.8) is 0 Å². The van der Waals surface area contributed by atoms with Crippen LogP contribution in [-0.2, 0) is 16.1 Å². The van der Waals surface area contributed by atoms with E-state index in [1.165, 1.54) is 4.90 Å². The molecule has 1 amide bonds. The van der Waals surface area contributed by atoms with E-state index in [1.54, 1.807) is 42.5 Å². The van der Waals surface area contributed by atoms with Crippen molar-refractivity contribution in [2.24, 2.45) is 5.92 Å². The van der Waals surface area contributed by atoms with Crippen LogP contribution in [-0.4, -0.2) is 28.0 Å². The van der Waals surface area contributed by atoms with Gasteiger partial charge in [0.25, 0.3) is 5.91 Å². The Balaban J connectivity index is 2.15. The fraction of sp³-hybridized carbons (Fsp3) is 0.300. The van der Waals surface area contributed by atoms with Crippen molar-refractivity contribution in [2.45, 2.75) is 32.5 Å². The summed E-state index contributed by atoms with van der Waals surface area (Å²) in [6, 6.07) is 11.1. The fourth-order valence-electron chi connectivity index (χ4n) is 3.15. The summed E-state index contributed by atoms with van der Waals surface area (Å²) in [4.78, 5) is 26.8. The molecule has 1 N–H and O–H groups in total. The van der Waals surface area contributed by atoms with Gasteiger partial charge in [0.1, 0.15) is 5.75 Å². The van der Waals surface area contributed by atoms with Gasteiger partial charge < -0.3 is 14.7 Å². The number of carboxylic acids is 1. The minimum Gasteiger partial charge on any atom is -0.480 e. The lowest BCUT2D eigenvalue weighted by atomic mass is 10.0. The van der Waals surface area contributed by atoms with E-state index in [-0.39, 0.29) is 18.4 Å². The number of ether oxygens (including phenoxy) is 1. The van der Waals surface area contributed by atoms with E-state index < -0.39 is 18.1 Å². The zero-order chi connectivity index (χ0) is 19.7. The van der Waals surface area contributed by atoms with Crippen LogP contribution in [0.4, 0.5) is 0 Å². The molecule has 3 rings (SSSR count). The molecule has 1 aliphatic heterocycles. The highest BCUT2D eigenvalue weighted by Gasteiger charge is 2.42. The smallest absolute Gasteiger partial charge is 0.331 e. The number of aliphatic carboxylic acids is 1. The Labute approximate surface area is 171 Å². The lowest BCUT2D eigenvalue weighted by molar-refractivity contribution is -0.154. The van der Waals surface area contributed by atoms with Gasteiger partial charge in [0.2, 0.25) is 0 Å². The molecule has 0 saturated heterocycles. The summed E-state index contributed by atoms with van der Waals surface area (Å²) in [5.41, 5.74) is 1.11. The molecule has 5 nitrogen and oxygen atoms in total. The van der Waals surface area contributed by atoms with Gasteiger partial charge in [-0.2, -0.15) is 0 Å². The molecule has 0 fully saturated rings. The molecule has 1 heterocycles. The highest BCUT2D eigenvalue weighted by Crippen LogP contribution is 2.38. The van der Waals surface area contributed by atoms with Crippen LogP contribution in [0.25, 0.3) is 0 Å². The molecule has 2 aromatic rings. The number of carbonyl (C=O) groups excluding carboxylic acids is 1. The topological polar surface area (TPSA) is 66.8 Å². The van der Waals surface area contributed by atoms with Gasteiger partial charge in [0, 0.05) is 21.6 Å². The average molecular weight is 453 g/mol. The van der Waals surface area contributed by atoms with Crippen molar-refractivity contribution in [2.75, 3.05) is 0 Å². The van der Waals surface area contributed by atoms with E-state index in [9.17, 15) is 14.7 Å². The predicted molar refractivity (Wildman–Crippen MR) is 106 cm³/mol. The van der Waals surface area contributed by atoms with Crippen LogP contribution in [0.5, 0.6) is 5.75 Å². The lowest BCUT2D eigenvalue weighted by Crippen LogP contribution is -2.45. The summed E-state index contributed by atoms with van der Waals surface area (Å²) in [5.74, 6) is -1.22. The van der Waals surface area contributed by atoms with Gasteiger partial charge in [-0.3, -0.25) is 4.79 Å². The third kappa shape index (κ3) is 3.96. The Hall–Kier alpha value is -2.05. The van der Waals surface area contributed by atoms with E-state index in [4.69, 9.17) is 16.3 Å². The molecule has 0 bridgehead atoms. The minimum absolute atomic E-state index is 0.0774. The number of hydrogen-bond donors (Lipinski definition) is 1. The van der Waals surface area contributed by atoms with Crippen molar-refractivity contribution in [1.29, 1.82) is 0 Å². The van der Waals surface area contributed by atoms with Gasteiger partial charge in [0.15, 0.2) is 12.1 Å². The van der Waals surface area contributed by atoms with E-state index in [2.05, 4.69) is 15.9 Å². The monoisotopic (exact) mass is 451 g/mol. The average Bonchev–Trinajstić information content (AvgIpc) is 2.72. The molecular formula is C20H19BrClNO4. The van der Waals surface area contributed by atoms with Gasteiger partial charge in [-0.15, -0.1) is 0 Å². The highest BCUT2D eigenvalue weighted by molar-refractivity contribution is 9.10. The third-order valence-electron chi connectivity index (χ3n) is 4.50. The molecule has 0 spiro atoms. The summed E-state index contributed by atoms with van der Waals surface area (Å²) in [7, 11) is 0. The zero-order valence-corrected chi connectivity index (χ0v) is 17.2. The van der Waals surface area contributed by atoms with Crippen LogP contribution in [0.3, 0.4) is 0 Å². The molecule has 0 aromatic heterocycles. The SMILES string of the molecule is CC(C)C1Oc2ccc(Br)cc2C(C(=O)O)N(Cc2ccccc2Cl)C1=O. The first-order chi connectivity index (χ1) is 12.8. The lowest BCUT2D eigenvalue weighted by Gasteiger charge is -2.30. The van der Waals surface area contributed by atoms with Gasteiger partial charge >= 0.3 is 5.97 Å². The second kappa shape index (κ2) is 7.90. The van der Waals surface area contributed by atoms with Gasteiger partial charge in [-0.05, 0) is 35.7 Å². The Bertz CT molecular complexity index is 886. The summed E-state index contributed by atoms with van der Waals surface area (Å²) in [6.45, 7) is 3.82. The van der Waals surface area contributed by atoms with Crippen LogP contribution in [0.1, 0.15) is 31.0 Å². The standard InChI is InChI=1S/C20H19BrClNO4/c1-11(2)18-19(24)23(10-12-5-3-4-6-15(12)22)17(20(25)26)14-9-13(21)7-8-16(14)27-18/h3-9,11,17-18H,10H2,1-2H3,(H,25,26). The molecule has 0 radical (unpaired) electrons. The number of hydrogen-bond acceptors (Lipinski definition) is 3. The molecule has 0 saturated carbocycles. The Kier molecular flexibility index (Phi) is 5.77. The summed E-state index contributed by atoms with van der Waals surface area (Å²) < 4.78 is 6.67. The largest absolute Gasteiger partial charge is 0.480 e. The maximum Gasteiger partial charge on any atom is 0.331 e. The molecule has 7 heteroatoms. The first kappa shape index (κ1) is 19.7. The second-order valence-electron chi connectivity index (χ2n) is 6.76. The number of halogens is 2. The zero-order valence-electron chi connectivity index (χ0n) is 14.9. The van der Waals surface area contributed by atoms with Gasteiger partial charge in [-0.25, -0.2) is 4.79 Å². The number of nitrogens with zero attached hydrogens (tertiary/aromatic N) is 1. The van der Waals surface area contributed by atoms with E-state index in [1.807, 2.05) is 13.8 Å². The maximum absolute atomic E-state index is 13.3. The quantitative estimate of drug-likeness (QED) is 0.732. The summed E-state index contributed by atoms with van der Waals surface area (Å²) >= 11 is 9.64. The third-order valence-corrected chi connectivity index (χ3v) is 5.36. The first-order valence-corrected chi connectivity index (χ1v) is 9.69. The normalized spacial score (nSPS) is 19.4. The number of benzene rings is 2. The Morgan fingerprint density at radius 1 is 1.30 bits per heavy atom. The molecule has 1 aliphatic rings. The van der Waals surface area contributed by atoms with E-state index >= 15 is 0 Å². The molecule has 27 heavy (non-hydrogen) atoms. The Morgan fingerprint density at radius 2 is 2.00 bits per heavy atom. The number of amides is 1. The van der Waals surface area contributed by atoms with Crippen LogP contribution in [0, 0.1) is 5.92 Å². The van der Waals surface area contributed by atoms with Gasteiger partial charge in [0.05, 0.1) is 0 Å². The Morgan fingerprint density at radius 3 is 2.63 bits per heavy atom. The second-order valence-corrected chi connectivity index (χ2v) is 8.09. The molecular weight excluding hydrogens is 434 g/mol. The molecule has 2 aromatic carbocycles. The van der Waals surface area contributed by atoms with Crippen molar-refractivity contribution < 1.29 is 19.4 Å². The first-order valence-electron chi connectivity index (χ1n) is 8.52. The van der Waals surface area contributed by atoms with Crippen molar-refractivity contribution >= 4 is 39.4 Å². The van der Waals surface area contributed by atoms with E-state index in [0.717, 1.165) is 0 Å². The van der Waals surface area contributed by atoms with Gasteiger partial charge in [-0.1, -0.05) is 59.6 Å². The van der Waals surface area contributed by atoms with Crippen LogP contribution >= 0.6 is 27.5 Å². The molecule has 142 valence electrons. The summed E-state index contributed by atoms with van der Waals surface area (Å²) in [6.07, 6.45) is -0.781. The fourth-order valence-corrected chi connectivity index (χ4v) is 3.73. The molecule has 2 atom stereocenters. The molecule has 2 unspecified atom stereocenters. The number of rotatable bonds is 4. The van der Waals surface area contributed by atoms with Crippen molar-refractivity contribution in [3.8, 4) is 5.75 Å². The summed E-state index contributed by atoms with van der Waals surface area (Å²) in [5, 5.41) is 10.4. The van der Waals surface area contributed by atoms with Crippen LogP contribution in [0.15, 0.2) is 46.9 Å².